The summed E-state index contributed by atoms with van der Waals surface area (Å²) in [7, 11) is 0. The highest BCUT2D eigenvalue weighted by molar-refractivity contribution is 9.10. The molecular weight excluding hydrogens is 378 g/mol. The van der Waals surface area contributed by atoms with Gasteiger partial charge in [-0.2, -0.15) is 0 Å². The first kappa shape index (κ1) is 15.6. The van der Waals surface area contributed by atoms with Crippen LogP contribution in [-0.4, -0.2) is 9.55 Å². The molecule has 2 aromatic carbocycles. The molecule has 0 saturated carbocycles. The molecule has 4 rings (SSSR count). The highest BCUT2D eigenvalue weighted by atomic mass is 79.9. The summed E-state index contributed by atoms with van der Waals surface area (Å²) >= 11 is 3.49. The average molecular weight is 392 g/mol. The third-order valence-corrected chi connectivity index (χ3v) is 4.70. The molecule has 0 spiro atoms. The fraction of sp³-hybridized carbons (Fsp3) is 0. The topological polar surface area (TPSA) is 46.9 Å². The lowest BCUT2D eigenvalue weighted by Crippen LogP contribution is -2.15. The monoisotopic (exact) mass is 391 g/mol. The highest BCUT2D eigenvalue weighted by Gasteiger charge is 2.16. The maximum Gasteiger partial charge on any atom is 0.205 e. The molecule has 2 aromatic heterocycles. The van der Waals surface area contributed by atoms with E-state index in [0.29, 0.717) is 15.7 Å². The Morgan fingerprint density at radius 2 is 1.60 bits per heavy atom. The number of benzene rings is 2. The molecule has 0 radical (unpaired) electrons. The second-order valence-corrected chi connectivity index (χ2v) is 6.34. The van der Waals surface area contributed by atoms with E-state index >= 15 is 0 Å². The molecule has 0 unspecified atom stereocenters. The summed E-state index contributed by atoms with van der Waals surface area (Å²) in [6, 6.07) is 21.4. The van der Waals surface area contributed by atoms with Crippen LogP contribution in [0.3, 0.4) is 0 Å². The third-order valence-electron chi connectivity index (χ3n) is 3.97. The number of anilines is 2. The van der Waals surface area contributed by atoms with Gasteiger partial charge in [-0.1, -0.05) is 36.4 Å². The smallest absolute Gasteiger partial charge is 0.205 e. The van der Waals surface area contributed by atoms with E-state index in [-0.39, 0.29) is 5.43 Å². The summed E-state index contributed by atoms with van der Waals surface area (Å²) in [6.07, 6.45) is 3.35. The molecule has 0 aliphatic heterocycles. The molecule has 122 valence electrons. The second-order valence-electron chi connectivity index (χ2n) is 5.55. The van der Waals surface area contributed by atoms with Crippen molar-refractivity contribution in [2.24, 2.45) is 0 Å². The van der Waals surface area contributed by atoms with Gasteiger partial charge in [0.2, 0.25) is 5.43 Å². The minimum atomic E-state index is -0.0667. The zero-order valence-electron chi connectivity index (χ0n) is 13.2. The summed E-state index contributed by atoms with van der Waals surface area (Å²) in [4.78, 5) is 17.0. The SMILES string of the molecule is O=c1c(Br)c(Nc2ccccc2)n(-c2ccccc2)c2cnccc12. The number of fused-ring (bicyclic) bond motifs is 1. The van der Waals surface area contributed by atoms with E-state index in [2.05, 4.69) is 26.2 Å². The van der Waals surface area contributed by atoms with Crippen molar-refractivity contribution in [1.82, 2.24) is 9.55 Å². The van der Waals surface area contributed by atoms with Crippen molar-refractivity contribution in [2.75, 3.05) is 5.32 Å². The van der Waals surface area contributed by atoms with Gasteiger partial charge in [-0.25, -0.2) is 0 Å². The quantitative estimate of drug-likeness (QED) is 0.540. The number of nitrogens with zero attached hydrogens (tertiary/aromatic N) is 2. The number of hydrogen-bond donors (Lipinski definition) is 1. The molecule has 4 aromatic rings. The number of para-hydroxylation sites is 2. The molecule has 0 aliphatic carbocycles. The van der Waals surface area contributed by atoms with Crippen LogP contribution in [0.2, 0.25) is 0 Å². The predicted octanol–water partition coefficient (Wildman–Crippen LogP) is 4.89. The van der Waals surface area contributed by atoms with E-state index < -0.39 is 0 Å². The molecule has 0 amide bonds. The van der Waals surface area contributed by atoms with Crippen molar-refractivity contribution in [1.29, 1.82) is 0 Å². The van der Waals surface area contributed by atoms with E-state index in [0.717, 1.165) is 16.9 Å². The van der Waals surface area contributed by atoms with Gasteiger partial charge < -0.3 is 5.32 Å². The Balaban J connectivity index is 2.06. The summed E-state index contributed by atoms with van der Waals surface area (Å²) in [5.41, 5.74) is 2.53. The maximum atomic E-state index is 12.8. The van der Waals surface area contributed by atoms with Crippen LogP contribution < -0.4 is 10.7 Å². The maximum absolute atomic E-state index is 12.8. The molecule has 4 nitrogen and oxygen atoms in total. The lowest BCUT2D eigenvalue weighted by Gasteiger charge is -2.19. The molecule has 2 heterocycles. The fourth-order valence-corrected chi connectivity index (χ4v) is 3.30. The zero-order chi connectivity index (χ0) is 17.2. The molecule has 0 atom stereocenters. The van der Waals surface area contributed by atoms with Gasteiger partial charge in [-0.15, -0.1) is 0 Å². The standard InChI is InChI=1S/C20H14BrN3O/c21-18-19(25)16-11-12-22-13-17(16)24(15-9-5-2-6-10-15)20(18)23-14-7-3-1-4-8-14/h1-13,23H. The molecular formula is C20H14BrN3O. The minimum Gasteiger partial charge on any atom is -0.340 e. The van der Waals surface area contributed by atoms with Crippen LogP contribution >= 0.6 is 15.9 Å². The summed E-state index contributed by atoms with van der Waals surface area (Å²) in [6.45, 7) is 0. The van der Waals surface area contributed by atoms with Crippen LogP contribution in [0, 0.1) is 0 Å². The van der Waals surface area contributed by atoms with Gasteiger partial charge in [0, 0.05) is 17.6 Å². The molecule has 0 saturated heterocycles. The molecule has 0 aliphatic rings. The predicted molar refractivity (Wildman–Crippen MR) is 105 cm³/mol. The number of halogens is 1. The van der Waals surface area contributed by atoms with Gasteiger partial charge in [0.15, 0.2) is 0 Å². The van der Waals surface area contributed by atoms with Crippen molar-refractivity contribution in [3.8, 4) is 5.69 Å². The Bertz CT molecular complexity index is 1090. The first-order valence-corrected chi connectivity index (χ1v) is 8.61. The first-order valence-electron chi connectivity index (χ1n) is 7.81. The van der Waals surface area contributed by atoms with Crippen LogP contribution in [0.5, 0.6) is 0 Å². The minimum absolute atomic E-state index is 0.0667. The number of rotatable bonds is 3. The van der Waals surface area contributed by atoms with Crippen LogP contribution in [0.25, 0.3) is 16.6 Å². The fourth-order valence-electron chi connectivity index (χ4n) is 2.81. The second kappa shape index (κ2) is 6.53. The van der Waals surface area contributed by atoms with Crippen molar-refractivity contribution in [2.45, 2.75) is 0 Å². The Hall–Kier alpha value is -2.92. The Morgan fingerprint density at radius 1 is 0.920 bits per heavy atom. The van der Waals surface area contributed by atoms with Crippen molar-refractivity contribution >= 4 is 38.3 Å². The normalized spacial score (nSPS) is 10.8. The van der Waals surface area contributed by atoms with Crippen LogP contribution in [-0.2, 0) is 0 Å². The van der Waals surface area contributed by atoms with E-state index in [1.165, 1.54) is 0 Å². The Morgan fingerprint density at radius 3 is 2.32 bits per heavy atom. The molecule has 0 bridgehead atoms. The number of hydrogen-bond acceptors (Lipinski definition) is 3. The molecule has 1 N–H and O–H groups in total. The summed E-state index contributed by atoms with van der Waals surface area (Å²) in [5.74, 6) is 0.669. The summed E-state index contributed by atoms with van der Waals surface area (Å²) < 4.78 is 2.49. The van der Waals surface area contributed by atoms with E-state index in [9.17, 15) is 4.79 Å². The number of pyridine rings is 2. The average Bonchev–Trinajstić information content (AvgIpc) is 2.68. The molecule has 5 heteroatoms. The zero-order valence-corrected chi connectivity index (χ0v) is 14.8. The van der Waals surface area contributed by atoms with Gasteiger partial charge in [-0.05, 0) is 46.3 Å². The van der Waals surface area contributed by atoms with Gasteiger partial charge in [-0.3, -0.25) is 14.3 Å². The molecule has 25 heavy (non-hydrogen) atoms. The third kappa shape index (κ3) is 2.83. The van der Waals surface area contributed by atoms with Crippen LogP contribution in [0.1, 0.15) is 0 Å². The van der Waals surface area contributed by atoms with Gasteiger partial charge in [0.05, 0.1) is 17.1 Å². The number of aromatic nitrogens is 2. The Labute approximate surface area is 152 Å². The van der Waals surface area contributed by atoms with Gasteiger partial charge in [0.1, 0.15) is 10.3 Å². The molecule has 0 fully saturated rings. The van der Waals surface area contributed by atoms with Crippen molar-refractivity contribution in [3.63, 3.8) is 0 Å². The lowest BCUT2D eigenvalue weighted by molar-refractivity contribution is 1.08. The lowest BCUT2D eigenvalue weighted by atomic mass is 10.2. The van der Waals surface area contributed by atoms with Crippen LogP contribution in [0.15, 0.2) is 88.4 Å². The highest BCUT2D eigenvalue weighted by Crippen LogP contribution is 2.30. The Kier molecular flexibility index (Phi) is 4.07. The summed E-state index contributed by atoms with van der Waals surface area (Å²) in [5, 5.41) is 3.98. The van der Waals surface area contributed by atoms with E-state index in [1.807, 2.05) is 65.2 Å². The first-order chi connectivity index (χ1) is 12.3. The van der Waals surface area contributed by atoms with Crippen molar-refractivity contribution < 1.29 is 0 Å². The van der Waals surface area contributed by atoms with Crippen LogP contribution in [0.4, 0.5) is 11.5 Å². The van der Waals surface area contributed by atoms with E-state index in [1.54, 1.807) is 18.5 Å². The van der Waals surface area contributed by atoms with Gasteiger partial charge in [0.25, 0.3) is 0 Å². The largest absolute Gasteiger partial charge is 0.340 e. The van der Waals surface area contributed by atoms with Gasteiger partial charge >= 0.3 is 0 Å². The van der Waals surface area contributed by atoms with E-state index in [4.69, 9.17) is 0 Å². The van der Waals surface area contributed by atoms with Crippen molar-refractivity contribution in [3.05, 3.63) is 93.8 Å². The number of nitrogens with one attached hydrogen (secondary N) is 1.